The van der Waals surface area contributed by atoms with Crippen molar-refractivity contribution in [3.05, 3.63) is 168 Å². The van der Waals surface area contributed by atoms with Gasteiger partial charge in [0, 0.05) is 5.71 Å². The maximum Gasteiger partial charge on any atom is 0.100 e. The molecule has 0 aromatic heterocycles. The van der Waals surface area contributed by atoms with Crippen molar-refractivity contribution in [3.8, 4) is 50.6 Å². The molecule has 0 amide bonds. The number of rotatable bonds is 7. The van der Waals surface area contributed by atoms with Gasteiger partial charge in [-0.2, -0.15) is 5.26 Å². The lowest BCUT2D eigenvalue weighted by atomic mass is 9.88. The van der Waals surface area contributed by atoms with Gasteiger partial charge in [-0.15, -0.1) is 0 Å². The highest BCUT2D eigenvalue weighted by Crippen LogP contribution is 2.37. The van der Waals surface area contributed by atoms with Crippen molar-refractivity contribution in [1.29, 1.82) is 5.26 Å². The van der Waals surface area contributed by atoms with Crippen LogP contribution in [0, 0.1) is 18.3 Å². The minimum Gasteiger partial charge on any atom is -0.285 e. The van der Waals surface area contributed by atoms with Gasteiger partial charge in [0.1, 0.15) is 6.07 Å². The molecule has 0 atom stereocenters. The summed E-state index contributed by atoms with van der Waals surface area (Å²) >= 11 is 0. The Morgan fingerprint density at radius 3 is 1.77 bits per heavy atom. The molecule has 0 fully saturated rings. The lowest BCUT2D eigenvalue weighted by Gasteiger charge is -2.15. The highest BCUT2D eigenvalue weighted by molar-refractivity contribution is 5.98. The van der Waals surface area contributed by atoms with Gasteiger partial charge < -0.3 is 0 Å². The second kappa shape index (κ2) is 12.6. The summed E-state index contributed by atoms with van der Waals surface area (Å²) < 4.78 is 0. The van der Waals surface area contributed by atoms with Gasteiger partial charge in [-0.05, 0) is 93.2 Å². The standard InChI is InChI=1S/C41H32N2/c1-29-23-34(32-15-8-4-9-16-32)21-22-39(29)37-24-36(33-17-10-5-11-18-33)25-38(26-37)40-20-12-19-35(41(40)27-42)28-43-30(2)31-13-6-3-7-14-31/h3-26H,28H2,1-2H3. The molecule has 0 aliphatic rings. The van der Waals surface area contributed by atoms with Gasteiger partial charge >= 0.3 is 0 Å². The molecule has 0 unspecified atom stereocenters. The zero-order valence-corrected chi connectivity index (χ0v) is 24.5. The fraction of sp³-hybridized carbons (Fsp3) is 0.0732. The van der Waals surface area contributed by atoms with E-state index >= 15 is 0 Å². The van der Waals surface area contributed by atoms with E-state index in [0.29, 0.717) is 12.1 Å². The highest BCUT2D eigenvalue weighted by atomic mass is 14.7. The maximum atomic E-state index is 10.4. The predicted octanol–water partition coefficient (Wildman–Crippen LogP) is 10.5. The molecule has 0 N–H and O–H groups in total. The van der Waals surface area contributed by atoms with Gasteiger partial charge in [-0.25, -0.2) is 0 Å². The molecule has 0 radical (unpaired) electrons. The summed E-state index contributed by atoms with van der Waals surface area (Å²) in [5, 5.41) is 10.4. The first kappa shape index (κ1) is 27.6. The summed E-state index contributed by atoms with van der Waals surface area (Å²) in [6.45, 7) is 4.64. The van der Waals surface area contributed by atoms with Crippen LogP contribution < -0.4 is 0 Å². The summed E-state index contributed by atoms with van der Waals surface area (Å²) in [5.41, 5.74) is 13.7. The fourth-order valence-electron chi connectivity index (χ4n) is 5.61. The molecule has 0 aliphatic heterocycles. The third-order valence-electron chi connectivity index (χ3n) is 7.94. The van der Waals surface area contributed by atoms with E-state index < -0.39 is 0 Å². The summed E-state index contributed by atoms with van der Waals surface area (Å²) in [6, 6.07) is 53.0. The minimum atomic E-state index is 0.447. The monoisotopic (exact) mass is 552 g/mol. The minimum absolute atomic E-state index is 0.447. The number of hydrogen-bond donors (Lipinski definition) is 0. The van der Waals surface area contributed by atoms with Crippen LogP contribution in [0.5, 0.6) is 0 Å². The van der Waals surface area contributed by atoms with Crippen LogP contribution >= 0.6 is 0 Å². The lowest BCUT2D eigenvalue weighted by Crippen LogP contribution is -1.98. The molecule has 6 aromatic rings. The number of nitriles is 1. The first-order valence-electron chi connectivity index (χ1n) is 14.6. The Kier molecular flexibility index (Phi) is 8.07. The van der Waals surface area contributed by atoms with Crippen LogP contribution in [0.1, 0.15) is 29.2 Å². The number of hydrogen-bond acceptors (Lipinski definition) is 2. The number of aliphatic imine (C=N–C) groups is 1. The Balaban J connectivity index is 1.45. The Bertz CT molecular complexity index is 1950. The second-order valence-corrected chi connectivity index (χ2v) is 10.8. The van der Waals surface area contributed by atoms with E-state index in [1.54, 1.807) is 0 Å². The van der Waals surface area contributed by atoms with Crippen LogP contribution in [0.2, 0.25) is 0 Å². The predicted molar refractivity (Wildman–Crippen MR) is 180 cm³/mol. The van der Waals surface area contributed by atoms with Crippen LogP contribution in [-0.4, -0.2) is 5.71 Å². The summed E-state index contributed by atoms with van der Waals surface area (Å²) in [7, 11) is 0. The van der Waals surface area contributed by atoms with E-state index in [1.165, 1.54) is 22.3 Å². The van der Waals surface area contributed by atoms with Crippen molar-refractivity contribution in [3.63, 3.8) is 0 Å². The summed E-state index contributed by atoms with van der Waals surface area (Å²) in [6.07, 6.45) is 0. The van der Waals surface area contributed by atoms with Gasteiger partial charge in [0.05, 0.1) is 12.1 Å². The van der Waals surface area contributed by atoms with E-state index in [-0.39, 0.29) is 0 Å². The van der Waals surface area contributed by atoms with Crippen molar-refractivity contribution >= 4 is 5.71 Å². The van der Waals surface area contributed by atoms with E-state index in [4.69, 9.17) is 4.99 Å². The molecular formula is C41H32N2. The average Bonchev–Trinajstić information content (AvgIpc) is 3.08. The molecule has 0 bridgehead atoms. The van der Waals surface area contributed by atoms with Crippen LogP contribution in [0.25, 0.3) is 44.5 Å². The van der Waals surface area contributed by atoms with E-state index in [2.05, 4.69) is 116 Å². The normalized spacial score (nSPS) is 11.2. The Hall–Kier alpha value is -5.52. The second-order valence-electron chi connectivity index (χ2n) is 10.8. The van der Waals surface area contributed by atoms with Gasteiger partial charge in [0.25, 0.3) is 0 Å². The molecule has 0 heterocycles. The molecule has 0 spiro atoms. The summed E-state index contributed by atoms with van der Waals surface area (Å²) in [4.78, 5) is 4.85. The van der Waals surface area contributed by atoms with Gasteiger partial charge in [-0.1, -0.05) is 127 Å². The van der Waals surface area contributed by atoms with Crippen molar-refractivity contribution in [1.82, 2.24) is 0 Å². The third kappa shape index (κ3) is 6.08. The number of benzene rings is 6. The van der Waals surface area contributed by atoms with Crippen molar-refractivity contribution in [2.75, 3.05) is 0 Å². The Morgan fingerprint density at radius 2 is 1.14 bits per heavy atom. The Morgan fingerprint density at radius 1 is 0.558 bits per heavy atom. The van der Waals surface area contributed by atoms with Gasteiger partial charge in [-0.3, -0.25) is 4.99 Å². The maximum absolute atomic E-state index is 10.4. The average molecular weight is 553 g/mol. The van der Waals surface area contributed by atoms with Crippen LogP contribution in [0.3, 0.4) is 0 Å². The molecule has 6 aromatic carbocycles. The Labute approximate surface area is 254 Å². The number of nitrogens with zero attached hydrogens (tertiary/aromatic N) is 2. The van der Waals surface area contributed by atoms with Crippen molar-refractivity contribution < 1.29 is 0 Å². The molecule has 206 valence electrons. The topological polar surface area (TPSA) is 36.1 Å². The van der Waals surface area contributed by atoms with Gasteiger partial charge in [0.15, 0.2) is 0 Å². The number of aryl methyl sites for hydroxylation is 1. The third-order valence-corrected chi connectivity index (χ3v) is 7.94. The van der Waals surface area contributed by atoms with E-state index in [9.17, 15) is 5.26 Å². The molecule has 0 saturated heterocycles. The smallest absolute Gasteiger partial charge is 0.100 e. The molecule has 2 nitrogen and oxygen atoms in total. The van der Waals surface area contributed by atoms with E-state index in [0.717, 1.165) is 44.7 Å². The largest absolute Gasteiger partial charge is 0.285 e. The van der Waals surface area contributed by atoms with Crippen molar-refractivity contribution in [2.24, 2.45) is 4.99 Å². The molecule has 6 rings (SSSR count). The van der Waals surface area contributed by atoms with Gasteiger partial charge in [0.2, 0.25) is 0 Å². The zero-order valence-electron chi connectivity index (χ0n) is 24.5. The van der Waals surface area contributed by atoms with Crippen LogP contribution in [-0.2, 0) is 6.54 Å². The first-order valence-corrected chi connectivity index (χ1v) is 14.6. The SMILES string of the molecule is CC(=NCc1cccc(-c2cc(-c3ccccc3)cc(-c3ccc(-c4ccccc4)cc3C)c2)c1C#N)c1ccccc1. The highest BCUT2D eigenvalue weighted by Gasteiger charge is 2.14. The molecule has 2 heteroatoms. The quantitative estimate of drug-likeness (QED) is 0.181. The van der Waals surface area contributed by atoms with E-state index in [1.807, 2.05) is 49.4 Å². The molecular weight excluding hydrogens is 520 g/mol. The first-order chi connectivity index (χ1) is 21.1. The van der Waals surface area contributed by atoms with Crippen LogP contribution in [0.15, 0.2) is 151 Å². The molecule has 0 aliphatic carbocycles. The zero-order chi connectivity index (χ0) is 29.6. The van der Waals surface area contributed by atoms with Crippen molar-refractivity contribution in [2.45, 2.75) is 20.4 Å². The summed E-state index contributed by atoms with van der Waals surface area (Å²) in [5.74, 6) is 0. The fourth-order valence-corrected chi connectivity index (χ4v) is 5.61. The molecule has 0 saturated carbocycles. The molecule has 43 heavy (non-hydrogen) atoms. The lowest BCUT2D eigenvalue weighted by molar-refractivity contribution is 1.06. The van der Waals surface area contributed by atoms with Crippen LogP contribution in [0.4, 0.5) is 0 Å².